The van der Waals surface area contributed by atoms with Gasteiger partial charge in [0.25, 0.3) is 0 Å². The monoisotopic (exact) mass is 542 g/mol. The van der Waals surface area contributed by atoms with Crippen LogP contribution in [0.15, 0.2) is 85.7 Å². The van der Waals surface area contributed by atoms with Crippen molar-refractivity contribution in [2.24, 2.45) is 14.1 Å². The summed E-state index contributed by atoms with van der Waals surface area (Å²) >= 11 is 0. The molecule has 6 heterocycles. The molecule has 0 radical (unpaired) electrons. The lowest BCUT2D eigenvalue weighted by Gasteiger charge is -2.01. The van der Waals surface area contributed by atoms with Gasteiger partial charge in [-0.05, 0) is 48.5 Å². The Morgan fingerprint density at radius 3 is 1.71 bits per heavy atom. The molecule has 0 spiro atoms. The van der Waals surface area contributed by atoms with Gasteiger partial charge in [0.1, 0.15) is 22.5 Å². The number of ether oxygens (including phenoxy) is 1. The van der Waals surface area contributed by atoms with Crippen molar-refractivity contribution < 1.29 is 9.84 Å². The zero-order valence-electron chi connectivity index (χ0n) is 22.6. The van der Waals surface area contributed by atoms with Gasteiger partial charge in [0.2, 0.25) is 0 Å². The first-order chi connectivity index (χ1) is 20.0. The maximum atomic E-state index is 9.71. The van der Waals surface area contributed by atoms with Gasteiger partial charge in [0.15, 0.2) is 11.3 Å². The number of phenolic OH excluding ortho intramolecular Hbond substituents is 1. The van der Waals surface area contributed by atoms with Crippen LogP contribution in [0, 0.1) is 0 Å². The van der Waals surface area contributed by atoms with E-state index < -0.39 is 0 Å². The van der Waals surface area contributed by atoms with Crippen LogP contribution in [0.2, 0.25) is 0 Å². The highest BCUT2D eigenvalue weighted by Gasteiger charge is 2.14. The third kappa shape index (κ3) is 4.22. The van der Waals surface area contributed by atoms with Crippen molar-refractivity contribution in [2.45, 2.75) is 0 Å². The molecule has 0 saturated carbocycles. The summed E-state index contributed by atoms with van der Waals surface area (Å²) in [5.41, 5.74) is 9.59. The molecule has 0 bridgehead atoms. The van der Waals surface area contributed by atoms with E-state index in [4.69, 9.17) is 4.74 Å². The number of methoxy groups -OCH3 is 1. The van der Waals surface area contributed by atoms with E-state index in [1.54, 1.807) is 44.0 Å². The Kier molecular flexibility index (Phi) is 5.67. The maximum Gasteiger partial charge on any atom is 0.156 e. The standard InChI is InChI=1S/C16H14N4O.C15H12N4O/c1-20-9-12(11-7-10(21-2)3-4-15(11)20)13-8-14-16(19-13)18-6-5-17-14;1-19-8-11(10-6-9(20)2-3-14(10)19)12-7-13-15(18-12)17-5-4-16-13/h3-9H,1-2H3,(H,18,19);2-8,20H,1H3,(H,17,18). The van der Waals surface area contributed by atoms with Crippen molar-refractivity contribution in [2.75, 3.05) is 7.11 Å². The summed E-state index contributed by atoms with van der Waals surface area (Å²) < 4.78 is 9.48. The van der Waals surface area contributed by atoms with Gasteiger partial charge in [0.05, 0.1) is 18.5 Å². The summed E-state index contributed by atoms with van der Waals surface area (Å²) in [7, 11) is 5.71. The minimum atomic E-state index is 0.261. The second-order valence-electron chi connectivity index (χ2n) is 9.84. The molecule has 0 unspecified atom stereocenters. The van der Waals surface area contributed by atoms with E-state index in [9.17, 15) is 5.11 Å². The molecule has 0 aliphatic heterocycles. The number of benzene rings is 2. The van der Waals surface area contributed by atoms with Crippen LogP contribution in [-0.2, 0) is 14.1 Å². The highest BCUT2D eigenvalue weighted by molar-refractivity contribution is 5.99. The number of nitrogens with one attached hydrogen (secondary N) is 2. The summed E-state index contributed by atoms with van der Waals surface area (Å²) in [5, 5.41) is 11.8. The average Bonchev–Trinajstić information content (AvgIpc) is 3.76. The van der Waals surface area contributed by atoms with E-state index in [0.717, 1.165) is 72.4 Å². The molecule has 202 valence electrons. The number of aryl methyl sites for hydroxylation is 2. The van der Waals surface area contributed by atoms with E-state index >= 15 is 0 Å². The highest BCUT2D eigenvalue weighted by atomic mass is 16.5. The van der Waals surface area contributed by atoms with Gasteiger partial charge < -0.3 is 28.9 Å². The smallest absolute Gasteiger partial charge is 0.156 e. The van der Waals surface area contributed by atoms with E-state index in [2.05, 4.69) is 52.8 Å². The molecule has 8 aromatic rings. The molecular weight excluding hydrogens is 516 g/mol. The largest absolute Gasteiger partial charge is 0.508 e. The molecule has 0 fully saturated rings. The van der Waals surface area contributed by atoms with Gasteiger partial charge in [-0.15, -0.1) is 0 Å². The predicted molar refractivity (Wildman–Crippen MR) is 160 cm³/mol. The Labute approximate surface area is 233 Å². The molecule has 10 nitrogen and oxygen atoms in total. The lowest BCUT2D eigenvalue weighted by Crippen LogP contribution is -1.84. The van der Waals surface area contributed by atoms with Crippen LogP contribution < -0.4 is 4.74 Å². The van der Waals surface area contributed by atoms with Crippen LogP contribution in [0.25, 0.3) is 66.6 Å². The molecule has 2 aromatic carbocycles. The summed E-state index contributed by atoms with van der Waals surface area (Å²) in [6.45, 7) is 0. The topological polar surface area (TPSA) is 122 Å². The van der Waals surface area contributed by atoms with Gasteiger partial charge in [-0.25, -0.2) is 9.97 Å². The van der Waals surface area contributed by atoms with Crippen molar-refractivity contribution >= 4 is 44.1 Å². The Balaban J connectivity index is 0.000000135. The molecule has 0 aliphatic rings. The van der Waals surface area contributed by atoms with Crippen LogP contribution in [0.4, 0.5) is 0 Å². The van der Waals surface area contributed by atoms with Gasteiger partial charge >= 0.3 is 0 Å². The quantitative estimate of drug-likeness (QED) is 0.254. The molecule has 8 rings (SSSR count). The number of rotatable bonds is 3. The number of nitrogens with zero attached hydrogens (tertiary/aromatic N) is 6. The normalized spacial score (nSPS) is 11.4. The van der Waals surface area contributed by atoms with Crippen molar-refractivity contribution in [1.29, 1.82) is 0 Å². The van der Waals surface area contributed by atoms with Crippen molar-refractivity contribution in [3.8, 4) is 34.0 Å². The summed E-state index contributed by atoms with van der Waals surface area (Å²) in [4.78, 5) is 23.8. The number of hydrogen-bond donors (Lipinski definition) is 3. The second kappa shape index (κ2) is 9.53. The second-order valence-corrected chi connectivity index (χ2v) is 9.84. The van der Waals surface area contributed by atoms with E-state index in [1.165, 1.54) is 0 Å². The summed E-state index contributed by atoms with van der Waals surface area (Å²) in [5.74, 6) is 1.11. The number of hydrogen-bond acceptors (Lipinski definition) is 6. The lowest BCUT2D eigenvalue weighted by molar-refractivity contribution is 0.415. The van der Waals surface area contributed by atoms with E-state index in [1.807, 2.05) is 49.1 Å². The molecule has 6 aromatic heterocycles. The van der Waals surface area contributed by atoms with Crippen LogP contribution in [0.5, 0.6) is 11.5 Å². The molecular formula is C31H26N8O2. The molecule has 0 aliphatic carbocycles. The number of H-pyrrole nitrogens is 2. The van der Waals surface area contributed by atoms with Crippen LogP contribution in [0.3, 0.4) is 0 Å². The first-order valence-electron chi connectivity index (χ1n) is 13.0. The van der Waals surface area contributed by atoms with Crippen LogP contribution in [0.1, 0.15) is 0 Å². The van der Waals surface area contributed by atoms with E-state index in [0.29, 0.717) is 0 Å². The van der Waals surface area contributed by atoms with Gasteiger partial charge in [0, 0.05) is 84.2 Å². The fraction of sp³-hybridized carbons (Fsp3) is 0.0968. The number of fused-ring (bicyclic) bond motifs is 4. The number of phenols is 1. The molecule has 0 atom stereocenters. The van der Waals surface area contributed by atoms with Gasteiger partial charge in [-0.3, -0.25) is 9.97 Å². The minimum Gasteiger partial charge on any atom is -0.508 e. The fourth-order valence-electron chi connectivity index (χ4n) is 5.30. The zero-order valence-corrected chi connectivity index (χ0v) is 22.6. The maximum absolute atomic E-state index is 9.71. The minimum absolute atomic E-state index is 0.261. The highest BCUT2D eigenvalue weighted by Crippen LogP contribution is 2.34. The molecule has 0 saturated heterocycles. The summed E-state index contributed by atoms with van der Waals surface area (Å²) in [6, 6.07) is 15.5. The molecule has 10 heteroatoms. The van der Waals surface area contributed by atoms with Crippen molar-refractivity contribution in [1.82, 2.24) is 39.0 Å². The Bertz CT molecular complexity index is 2130. The third-order valence-corrected chi connectivity index (χ3v) is 7.27. The Morgan fingerprint density at radius 2 is 1.17 bits per heavy atom. The fourth-order valence-corrected chi connectivity index (χ4v) is 5.30. The number of aromatic hydroxyl groups is 1. The Morgan fingerprint density at radius 1 is 0.659 bits per heavy atom. The van der Waals surface area contributed by atoms with Crippen LogP contribution >= 0.6 is 0 Å². The third-order valence-electron chi connectivity index (χ3n) is 7.27. The van der Waals surface area contributed by atoms with Crippen molar-refractivity contribution in [3.05, 3.63) is 85.7 Å². The van der Waals surface area contributed by atoms with Crippen LogP contribution in [-0.4, -0.2) is 51.3 Å². The predicted octanol–water partition coefficient (Wildman–Crippen LogP) is 5.95. The summed E-state index contributed by atoms with van der Waals surface area (Å²) in [6.07, 6.45) is 10.9. The van der Waals surface area contributed by atoms with Crippen molar-refractivity contribution in [3.63, 3.8) is 0 Å². The van der Waals surface area contributed by atoms with Gasteiger partial charge in [-0.1, -0.05) is 0 Å². The zero-order chi connectivity index (χ0) is 28.1. The molecule has 3 N–H and O–H groups in total. The van der Waals surface area contributed by atoms with E-state index in [-0.39, 0.29) is 5.75 Å². The first-order valence-corrected chi connectivity index (χ1v) is 13.0. The number of aromatic amines is 2. The average molecular weight is 543 g/mol. The molecule has 0 amide bonds. The SMILES string of the molecule is COc1ccc2c(c1)c(-c1cc3nccnc3[nH]1)cn2C.Cn1cc(-c2cc3nccnc3[nH]2)c2cc(O)ccc21. The Hall–Kier alpha value is -5.64. The van der Waals surface area contributed by atoms with Gasteiger partial charge in [-0.2, -0.15) is 0 Å². The first kappa shape index (κ1) is 24.4. The molecule has 41 heavy (non-hydrogen) atoms. The lowest BCUT2D eigenvalue weighted by atomic mass is 10.1. The number of aromatic nitrogens is 8.